The summed E-state index contributed by atoms with van der Waals surface area (Å²) in [6, 6.07) is 111. The number of fused-ring (bicyclic) bond motifs is 21. The van der Waals surface area contributed by atoms with Gasteiger partial charge in [-0.3, -0.25) is 0 Å². The monoisotopic (exact) mass is 1260 g/mol. The van der Waals surface area contributed by atoms with Gasteiger partial charge in [0.25, 0.3) is 0 Å². The highest BCUT2D eigenvalue weighted by atomic mass is 15.2. The van der Waals surface area contributed by atoms with Gasteiger partial charge in [0.2, 0.25) is 0 Å². The Morgan fingerprint density at radius 2 is 0.449 bits per heavy atom. The maximum absolute atomic E-state index is 2.52. The van der Waals surface area contributed by atoms with E-state index in [0.29, 0.717) is 0 Å². The zero-order chi connectivity index (χ0) is 65.9. The van der Waals surface area contributed by atoms with Crippen LogP contribution in [-0.4, -0.2) is 9.13 Å². The van der Waals surface area contributed by atoms with Crippen molar-refractivity contribution in [2.45, 2.75) is 77.0 Å². The van der Waals surface area contributed by atoms with Gasteiger partial charge in [-0.2, -0.15) is 0 Å². The minimum Gasteiger partial charge on any atom is -0.310 e. The average molecular weight is 1260 g/mol. The molecule has 0 saturated carbocycles. The molecule has 0 spiro atoms. The summed E-state index contributed by atoms with van der Waals surface area (Å²) in [6.45, 7) is 19.1. The van der Waals surface area contributed by atoms with Crippen molar-refractivity contribution in [1.82, 2.24) is 9.13 Å². The van der Waals surface area contributed by atoms with Crippen LogP contribution in [-0.2, 0) is 21.7 Å². The zero-order valence-electron chi connectivity index (χ0n) is 56.5. The second kappa shape index (κ2) is 20.1. The predicted molar refractivity (Wildman–Crippen MR) is 412 cm³/mol. The number of aromatic nitrogens is 2. The molecule has 4 aliphatic rings. The van der Waals surface area contributed by atoms with Gasteiger partial charge in [0.1, 0.15) is 0 Å². The quantitative estimate of drug-likeness (QED) is 0.151. The summed E-state index contributed by atoms with van der Waals surface area (Å²) in [6.07, 6.45) is 0. The average Bonchev–Trinajstić information content (AvgIpc) is 1.56. The highest BCUT2D eigenvalue weighted by molar-refractivity contribution is 6.30. The van der Waals surface area contributed by atoms with Gasteiger partial charge in [-0.25, -0.2) is 0 Å². The fraction of sp³-hybridized carbons (Fsp3) is 0.128. The number of anilines is 6. The fourth-order valence-corrected chi connectivity index (χ4v) is 18.6. The Morgan fingerprint density at radius 1 is 0.204 bits per heavy atom. The Morgan fingerprint density at radius 3 is 0.755 bits per heavy atom. The molecule has 0 saturated heterocycles. The molecule has 2 heterocycles. The van der Waals surface area contributed by atoms with E-state index in [4.69, 9.17) is 0 Å². The second-order valence-corrected chi connectivity index (χ2v) is 30.0. The van der Waals surface area contributed by atoms with Crippen LogP contribution in [0, 0.1) is 0 Å². The molecule has 468 valence electrons. The lowest BCUT2D eigenvalue weighted by molar-refractivity contribution is 0.659. The van der Waals surface area contributed by atoms with Gasteiger partial charge in [-0.1, -0.05) is 237 Å². The molecule has 0 amide bonds. The van der Waals surface area contributed by atoms with Crippen LogP contribution in [0.1, 0.15) is 99.9 Å². The van der Waals surface area contributed by atoms with E-state index in [1.54, 1.807) is 0 Å². The van der Waals surface area contributed by atoms with Crippen LogP contribution >= 0.6 is 0 Å². The number of hydrogen-bond donors (Lipinski definition) is 0. The fourth-order valence-electron chi connectivity index (χ4n) is 18.6. The summed E-state index contributed by atoms with van der Waals surface area (Å²) in [5.74, 6) is 0. The molecule has 20 rings (SSSR count). The van der Waals surface area contributed by atoms with Crippen LogP contribution in [0.3, 0.4) is 0 Å². The molecule has 4 heteroatoms. The summed E-state index contributed by atoms with van der Waals surface area (Å²) in [5.41, 5.74) is 34.4. The predicted octanol–water partition coefficient (Wildman–Crippen LogP) is 25.2. The lowest BCUT2D eigenvalue weighted by Crippen LogP contribution is -2.18. The molecule has 0 unspecified atom stereocenters. The van der Waals surface area contributed by atoms with Gasteiger partial charge in [0.05, 0.1) is 22.1 Å². The molecule has 0 atom stereocenters. The number of rotatable bonds is 8. The first-order valence-electron chi connectivity index (χ1n) is 34.8. The summed E-state index contributed by atoms with van der Waals surface area (Å²) in [5, 5.41) is 7.34. The molecule has 14 aromatic carbocycles. The maximum atomic E-state index is 2.52. The SMILES string of the molecule is CC1(C)c2ccccc2-c2ccc(N(c3ccc4c(c3)C(C)(C)c3ccccc3-4)c3ccc4c5c6ccc7c(c6ccc5n(-c5ccccc5)c4c3)c3ccc(N(c4ccc5c(c4)C(C)(C)c4ccccc4-5)c4ccc5c(c4)C(C)(C)c4ccccc4-5)cc3n7-c3ccccc3)cc21. The summed E-state index contributed by atoms with van der Waals surface area (Å²) in [4.78, 5) is 5.05. The summed E-state index contributed by atoms with van der Waals surface area (Å²) >= 11 is 0. The van der Waals surface area contributed by atoms with E-state index in [-0.39, 0.29) is 21.7 Å². The molecule has 4 nitrogen and oxygen atoms in total. The van der Waals surface area contributed by atoms with E-state index in [9.17, 15) is 0 Å². The second-order valence-electron chi connectivity index (χ2n) is 30.0. The van der Waals surface area contributed by atoms with Crippen molar-refractivity contribution >= 4 is 88.5 Å². The first-order valence-corrected chi connectivity index (χ1v) is 34.8. The molecular weight excluding hydrogens is 1190 g/mol. The van der Waals surface area contributed by atoms with Crippen molar-refractivity contribution in [1.29, 1.82) is 0 Å². The third-order valence-corrected chi connectivity index (χ3v) is 23.5. The van der Waals surface area contributed by atoms with Crippen molar-refractivity contribution in [3.8, 4) is 55.9 Å². The van der Waals surface area contributed by atoms with Crippen LogP contribution in [0.15, 0.2) is 291 Å². The topological polar surface area (TPSA) is 16.3 Å². The smallest absolute Gasteiger partial charge is 0.0562 e. The Bertz CT molecular complexity index is 5540. The molecule has 0 bridgehead atoms. The lowest BCUT2D eigenvalue weighted by atomic mass is 9.82. The third-order valence-electron chi connectivity index (χ3n) is 23.5. The molecule has 0 aliphatic heterocycles. The molecular formula is C94H72N4. The van der Waals surface area contributed by atoms with Crippen LogP contribution in [0.5, 0.6) is 0 Å². The standard InChI is InChI=1S/C94H72N4/c1-91(2)77-31-19-15-27-65(77)69-41-35-59(51-81(69)91)95(60-36-42-70-66-28-16-20-32-78(66)92(3,4)82(70)52-60)63-39-45-75-87(55-63)97(57-23-11-9-12-24-57)85-49-47-74-73(89(75)85)48-50-86-90(74)76-46-40-64(56-88(76)98(86)58-25-13-10-14-26-58)96(61-37-43-71-67-29-17-21-33-79(67)93(5,6)83(71)53-61)62-38-44-72-68-30-18-22-34-80(68)94(7,8)84(72)54-62/h9-56H,1-8H3. The number of hydrogen-bond acceptors (Lipinski definition) is 2. The van der Waals surface area contributed by atoms with Gasteiger partial charge < -0.3 is 18.9 Å². The minimum atomic E-state index is -0.177. The van der Waals surface area contributed by atoms with Crippen molar-refractivity contribution in [2.24, 2.45) is 0 Å². The van der Waals surface area contributed by atoms with Gasteiger partial charge in [0, 0.05) is 88.7 Å². The number of benzene rings is 14. The zero-order valence-corrected chi connectivity index (χ0v) is 56.5. The molecule has 2 aromatic heterocycles. The van der Waals surface area contributed by atoms with Crippen LogP contribution < -0.4 is 9.80 Å². The van der Waals surface area contributed by atoms with Crippen molar-refractivity contribution in [3.63, 3.8) is 0 Å². The number of para-hydroxylation sites is 2. The normalized spacial score (nSPS) is 15.1. The third kappa shape index (κ3) is 7.71. The molecule has 0 N–H and O–H groups in total. The van der Waals surface area contributed by atoms with Crippen LogP contribution in [0.4, 0.5) is 34.1 Å². The van der Waals surface area contributed by atoms with E-state index in [1.165, 1.54) is 132 Å². The number of nitrogens with zero attached hydrogens (tertiary/aromatic N) is 4. The largest absolute Gasteiger partial charge is 0.310 e. The van der Waals surface area contributed by atoms with Gasteiger partial charge >= 0.3 is 0 Å². The van der Waals surface area contributed by atoms with Crippen molar-refractivity contribution in [2.75, 3.05) is 9.80 Å². The molecule has 0 fully saturated rings. The molecule has 4 aliphatic carbocycles. The van der Waals surface area contributed by atoms with E-state index in [2.05, 4.69) is 366 Å². The Kier molecular flexibility index (Phi) is 11.6. The molecule has 98 heavy (non-hydrogen) atoms. The lowest BCUT2D eigenvalue weighted by Gasteiger charge is -2.30. The Labute approximate surface area is 572 Å². The van der Waals surface area contributed by atoms with Crippen LogP contribution in [0.25, 0.3) is 110 Å². The minimum absolute atomic E-state index is 0.177. The van der Waals surface area contributed by atoms with Gasteiger partial charge in [-0.15, -0.1) is 0 Å². The Balaban J connectivity index is 0.800. The van der Waals surface area contributed by atoms with Crippen molar-refractivity contribution in [3.05, 3.63) is 336 Å². The van der Waals surface area contributed by atoms with Gasteiger partial charge in [-0.05, 0) is 209 Å². The first-order chi connectivity index (χ1) is 47.6. The van der Waals surface area contributed by atoms with E-state index >= 15 is 0 Å². The first kappa shape index (κ1) is 56.8. The summed E-state index contributed by atoms with van der Waals surface area (Å²) in [7, 11) is 0. The summed E-state index contributed by atoms with van der Waals surface area (Å²) < 4.78 is 5.01. The van der Waals surface area contributed by atoms with Gasteiger partial charge in [0.15, 0.2) is 0 Å². The molecule has 0 radical (unpaired) electrons. The highest BCUT2D eigenvalue weighted by Gasteiger charge is 2.41. The highest BCUT2D eigenvalue weighted by Crippen LogP contribution is 2.57. The molecule has 16 aromatic rings. The van der Waals surface area contributed by atoms with Crippen LogP contribution in [0.2, 0.25) is 0 Å². The van der Waals surface area contributed by atoms with Crippen molar-refractivity contribution < 1.29 is 0 Å². The van der Waals surface area contributed by atoms with E-state index in [0.717, 1.165) is 56.5 Å². The van der Waals surface area contributed by atoms with E-state index in [1.807, 2.05) is 0 Å². The van der Waals surface area contributed by atoms with E-state index < -0.39 is 0 Å². The maximum Gasteiger partial charge on any atom is 0.0562 e. The Hall–Kier alpha value is -11.5.